The Bertz CT molecular complexity index is 359. The maximum Gasteiger partial charge on any atom is 0.278 e. The van der Waals surface area contributed by atoms with Crippen molar-refractivity contribution in [2.24, 2.45) is 0 Å². The summed E-state index contributed by atoms with van der Waals surface area (Å²) in [5, 5.41) is -0.264. The summed E-state index contributed by atoms with van der Waals surface area (Å²) in [6.45, 7) is 1.02. The number of rotatable bonds is 2. The van der Waals surface area contributed by atoms with Gasteiger partial charge in [-0.05, 0) is 6.42 Å². The molecule has 0 spiro atoms. The van der Waals surface area contributed by atoms with Crippen molar-refractivity contribution in [1.29, 1.82) is 0 Å². The van der Waals surface area contributed by atoms with Gasteiger partial charge in [-0.2, -0.15) is 0 Å². The molecule has 4 nitrogen and oxygen atoms in total. The van der Waals surface area contributed by atoms with Crippen molar-refractivity contribution in [1.82, 2.24) is 4.90 Å². The molecule has 0 aromatic heterocycles. The molecule has 0 saturated heterocycles. The molecule has 1 amide bonds. The average Bonchev–Trinajstić information content (AvgIpc) is 2.02. The second-order valence-electron chi connectivity index (χ2n) is 3.41. The van der Waals surface area contributed by atoms with Gasteiger partial charge in [-0.15, -0.1) is 0 Å². The third-order valence-corrected chi connectivity index (χ3v) is 3.20. The zero-order valence-electron chi connectivity index (χ0n) is 7.93. The third kappa shape index (κ3) is 3.71. The van der Waals surface area contributed by atoms with Crippen LogP contribution in [-0.4, -0.2) is 43.7 Å². The lowest BCUT2D eigenvalue weighted by Crippen LogP contribution is -2.31. The van der Waals surface area contributed by atoms with Gasteiger partial charge in [-0.3, -0.25) is 4.79 Å². The Labute approximate surface area is 89.3 Å². The van der Waals surface area contributed by atoms with Crippen molar-refractivity contribution in [2.45, 2.75) is 6.42 Å². The topological polar surface area (TPSA) is 54.5 Å². The monoisotopic (exact) mass is 235 g/mol. The summed E-state index contributed by atoms with van der Waals surface area (Å²) in [4.78, 5) is 12.4. The van der Waals surface area contributed by atoms with Crippen LogP contribution in [0.1, 0.15) is 6.42 Å². The minimum absolute atomic E-state index is 0.0988. The van der Waals surface area contributed by atoms with Gasteiger partial charge in [0.25, 0.3) is 5.24 Å². The van der Waals surface area contributed by atoms with Gasteiger partial charge in [-0.25, -0.2) is 8.42 Å². The maximum atomic E-state index is 11.0. The van der Waals surface area contributed by atoms with Crippen molar-refractivity contribution in [3.63, 3.8) is 0 Å². The molecule has 1 aliphatic heterocycles. The summed E-state index contributed by atoms with van der Waals surface area (Å²) in [7, 11) is -2.95. The Hall–Kier alpha value is -0.490. The number of nitrogens with zero attached hydrogens (tertiary/aromatic N) is 1. The zero-order valence-corrected chi connectivity index (χ0v) is 9.64. The first-order chi connectivity index (χ1) is 6.38. The quantitative estimate of drug-likeness (QED) is 0.566. The third-order valence-electron chi connectivity index (χ3n) is 2.02. The molecule has 0 atom stereocenters. The highest BCUT2D eigenvalue weighted by molar-refractivity contribution is 7.96. The molecule has 1 aliphatic rings. The molecule has 0 bridgehead atoms. The van der Waals surface area contributed by atoms with Crippen LogP contribution in [0.2, 0.25) is 0 Å². The lowest BCUT2D eigenvalue weighted by atomic mass is 10.1. The van der Waals surface area contributed by atoms with Crippen molar-refractivity contribution >= 4 is 27.7 Å². The van der Waals surface area contributed by atoms with Crippen molar-refractivity contribution in [3.05, 3.63) is 11.6 Å². The second-order valence-corrected chi connectivity index (χ2v) is 5.93. The van der Waals surface area contributed by atoms with Gasteiger partial charge in [0.1, 0.15) is 0 Å². The standard InChI is InChI=1S/C8H13NO3S2/c1-14(11,12)6-7-2-4-9(5-3-7)8(10)13/h2H,3-6H2,1H3,(H,10,13). The van der Waals surface area contributed by atoms with Crippen LogP contribution >= 0.6 is 12.6 Å². The zero-order chi connectivity index (χ0) is 10.8. The van der Waals surface area contributed by atoms with E-state index in [1.54, 1.807) is 11.0 Å². The Morgan fingerprint density at radius 2 is 2.29 bits per heavy atom. The van der Waals surface area contributed by atoms with Gasteiger partial charge in [-0.1, -0.05) is 24.3 Å². The van der Waals surface area contributed by atoms with E-state index < -0.39 is 9.84 Å². The highest BCUT2D eigenvalue weighted by Crippen LogP contribution is 2.13. The van der Waals surface area contributed by atoms with Gasteiger partial charge >= 0.3 is 0 Å². The van der Waals surface area contributed by atoms with Crippen LogP contribution in [0, 0.1) is 0 Å². The number of sulfone groups is 1. The molecule has 0 aromatic rings. The maximum absolute atomic E-state index is 11.0. The Morgan fingerprint density at radius 3 is 2.64 bits per heavy atom. The van der Waals surface area contributed by atoms with Crippen LogP contribution in [0.5, 0.6) is 0 Å². The summed E-state index contributed by atoms with van der Waals surface area (Å²) in [5.74, 6) is 0.0988. The molecule has 80 valence electrons. The summed E-state index contributed by atoms with van der Waals surface area (Å²) in [5.41, 5.74) is 0.887. The average molecular weight is 235 g/mol. The SMILES string of the molecule is CS(=O)(=O)CC1=CCN(C(=O)S)CC1. The Kier molecular flexibility index (Phi) is 3.60. The van der Waals surface area contributed by atoms with Gasteiger partial charge in [0, 0.05) is 19.3 Å². The van der Waals surface area contributed by atoms with Crippen molar-refractivity contribution in [3.8, 4) is 0 Å². The highest BCUT2D eigenvalue weighted by atomic mass is 32.2. The summed E-state index contributed by atoms with van der Waals surface area (Å²) < 4.78 is 22.0. The van der Waals surface area contributed by atoms with Crippen LogP contribution in [0.15, 0.2) is 11.6 Å². The van der Waals surface area contributed by atoms with Crippen molar-refractivity contribution < 1.29 is 13.2 Å². The molecule has 0 saturated carbocycles. The number of amides is 1. The predicted molar refractivity (Wildman–Crippen MR) is 58.4 cm³/mol. The minimum atomic E-state index is -2.95. The van der Waals surface area contributed by atoms with Gasteiger partial charge in [0.15, 0.2) is 9.84 Å². The van der Waals surface area contributed by atoms with Crippen LogP contribution in [0.4, 0.5) is 4.79 Å². The van der Waals surface area contributed by atoms with Crippen LogP contribution in [-0.2, 0) is 9.84 Å². The minimum Gasteiger partial charge on any atom is -0.330 e. The number of hydrogen-bond donors (Lipinski definition) is 1. The van der Waals surface area contributed by atoms with E-state index >= 15 is 0 Å². The first-order valence-corrected chi connectivity index (χ1v) is 6.73. The van der Waals surface area contributed by atoms with E-state index in [-0.39, 0.29) is 11.0 Å². The molecule has 1 heterocycles. The number of carbonyl (C=O) groups excluding carboxylic acids is 1. The molecule has 0 radical (unpaired) electrons. The molecule has 6 heteroatoms. The molecule has 0 N–H and O–H groups in total. The smallest absolute Gasteiger partial charge is 0.278 e. The lowest BCUT2D eigenvalue weighted by molar-refractivity contribution is 0.227. The highest BCUT2D eigenvalue weighted by Gasteiger charge is 2.16. The van der Waals surface area contributed by atoms with E-state index in [2.05, 4.69) is 12.6 Å². The second kappa shape index (κ2) is 4.35. The normalized spacial score (nSPS) is 17.9. The number of hydrogen-bond acceptors (Lipinski definition) is 3. The van der Waals surface area contributed by atoms with E-state index in [0.717, 1.165) is 5.57 Å². The van der Waals surface area contributed by atoms with Crippen LogP contribution in [0.25, 0.3) is 0 Å². The summed E-state index contributed by atoms with van der Waals surface area (Å²) in [6.07, 6.45) is 3.63. The Balaban J connectivity index is 2.58. The largest absolute Gasteiger partial charge is 0.330 e. The van der Waals surface area contributed by atoms with Gasteiger partial charge in [0.05, 0.1) is 5.75 Å². The van der Waals surface area contributed by atoms with Crippen molar-refractivity contribution in [2.75, 3.05) is 25.1 Å². The summed E-state index contributed by atoms with van der Waals surface area (Å²) in [6, 6.07) is 0. The first kappa shape index (κ1) is 11.6. The lowest BCUT2D eigenvalue weighted by Gasteiger charge is -2.24. The molecule has 0 fully saturated rings. The van der Waals surface area contributed by atoms with Crippen LogP contribution < -0.4 is 0 Å². The van der Waals surface area contributed by atoms with Gasteiger partial charge in [0.2, 0.25) is 0 Å². The fourth-order valence-corrected chi connectivity index (χ4v) is 2.47. The number of carbonyl (C=O) groups is 1. The molecule has 0 aromatic carbocycles. The summed E-state index contributed by atoms with van der Waals surface area (Å²) >= 11 is 3.70. The molecule has 0 aliphatic carbocycles. The van der Waals surface area contributed by atoms with E-state index in [4.69, 9.17) is 0 Å². The van der Waals surface area contributed by atoms with E-state index in [0.29, 0.717) is 19.5 Å². The molecule has 0 unspecified atom stereocenters. The predicted octanol–water partition coefficient (Wildman–Crippen LogP) is 0.713. The fourth-order valence-electron chi connectivity index (χ4n) is 1.35. The van der Waals surface area contributed by atoms with E-state index in [1.165, 1.54) is 6.26 Å². The Morgan fingerprint density at radius 1 is 1.64 bits per heavy atom. The molecule has 14 heavy (non-hydrogen) atoms. The van der Waals surface area contributed by atoms with E-state index in [1.807, 2.05) is 0 Å². The molecular weight excluding hydrogens is 222 g/mol. The molecular formula is C8H13NO3S2. The number of thiol groups is 1. The van der Waals surface area contributed by atoms with E-state index in [9.17, 15) is 13.2 Å². The first-order valence-electron chi connectivity index (χ1n) is 4.22. The van der Waals surface area contributed by atoms with Gasteiger partial charge < -0.3 is 4.90 Å². The fraction of sp³-hybridized carbons (Fsp3) is 0.625. The van der Waals surface area contributed by atoms with Crippen LogP contribution in [0.3, 0.4) is 0 Å². The molecule has 1 rings (SSSR count).